The molecule has 7 nitrogen and oxygen atoms in total. The molecule has 0 radical (unpaired) electrons. The third-order valence-electron chi connectivity index (χ3n) is 5.30. The highest BCUT2D eigenvalue weighted by Crippen LogP contribution is 2.29. The van der Waals surface area contributed by atoms with Crippen molar-refractivity contribution in [3.8, 4) is 5.75 Å². The maximum atomic E-state index is 13.5. The lowest BCUT2D eigenvalue weighted by Crippen LogP contribution is -2.40. The van der Waals surface area contributed by atoms with Crippen LogP contribution in [-0.2, 0) is 11.2 Å². The number of alkyl halides is 2. The van der Waals surface area contributed by atoms with Crippen molar-refractivity contribution in [3.63, 3.8) is 0 Å². The lowest BCUT2D eigenvalue weighted by atomic mass is 9.93. The average Bonchev–Trinajstić information content (AvgIpc) is 3.23. The molecule has 1 aliphatic rings. The van der Waals surface area contributed by atoms with E-state index in [0.717, 1.165) is 28.7 Å². The third-order valence-corrected chi connectivity index (χ3v) is 5.30. The number of fused-ring (bicyclic) bond motifs is 1. The van der Waals surface area contributed by atoms with Gasteiger partial charge in [0.25, 0.3) is 12.2 Å². The number of nitrogens with zero attached hydrogens (tertiary/aromatic N) is 5. The Bertz CT molecular complexity index is 1020. The van der Waals surface area contributed by atoms with E-state index in [2.05, 4.69) is 15.1 Å². The molecule has 0 aliphatic carbocycles. The minimum absolute atomic E-state index is 0.0153. The molecule has 0 N–H and O–H groups in total. The molecule has 1 fully saturated rings. The second-order valence-electron chi connectivity index (χ2n) is 7.31. The van der Waals surface area contributed by atoms with Gasteiger partial charge >= 0.3 is 0 Å². The van der Waals surface area contributed by atoms with Gasteiger partial charge in [-0.05, 0) is 43.5 Å². The number of rotatable bonds is 6. The Kier molecular flexibility index (Phi) is 5.87. The number of amides is 1. The van der Waals surface area contributed by atoms with Gasteiger partial charge in [0, 0.05) is 19.0 Å². The van der Waals surface area contributed by atoms with Crippen LogP contribution in [0.3, 0.4) is 0 Å². The van der Waals surface area contributed by atoms with Crippen LogP contribution in [0.1, 0.15) is 49.1 Å². The first-order chi connectivity index (χ1) is 14.5. The fraction of sp³-hybridized carbons (Fsp3) is 0.429. The molecule has 2 aromatic heterocycles. The monoisotopic (exact) mass is 415 g/mol. The van der Waals surface area contributed by atoms with Crippen molar-refractivity contribution < 1.29 is 18.3 Å². The maximum absolute atomic E-state index is 13.5. The summed E-state index contributed by atoms with van der Waals surface area (Å²) in [6.45, 7) is 3.62. The molecule has 30 heavy (non-hydrogen) atoms. The summed E-state index contributed by atoms with van der Waals surface area (Å²) in [5.41, 5.74) is 1.21. The van der Waals surface area contributed by atoms with E-state index < -0.39 is 6.43 Å². The van der Waals surface area contributed by atoms with Gasteiger partial charge in [-0.3, -0.25) is 4.79 Å². The Hall–Kier alpha value is -3.10. The molecule has 1 saturated heterocycles. The first-order valence-corrected chi connectivity index (χ1v) is 10.0. The van der Waals surface area contributed by atoms with Crippen LogP contribution in [0.15, 0.2) is 36.7 Å². The van der Waals surface area contributed by atoms with Gasteiger partial charge in [0.05, 0.1) is 18.7 Å². The van der Waals surface area contributed by atoms with E-state index in [1.54, 1.807) is 4.90 Å². The molecule has 3 aromatic rings. The van der Waals surface area contributed by atoms with E-state index in [1.165, 1.54) is 12.4 Å². The Morgan fingerprint density at radius 1 is 1.30 bits per heavy atom. The van der Waals surface area contributed by atoms with E-state index >= 15 is 0 Å². The van der Waals surface area contributed by atoms with Gasteiger partial charge in [0.2, 0.25) is 5.91 Å². The highest BCUT2D eigenvalue weighted by atomic mass is 19.3. The maximum Gasteiger partial charge on any atom is 0.280 e. The van der Waals surface area contributed by atoms with E-state index in [4.69, 9.17) is 4.74 Å². The second-order valence-corrected chi connectivity index (χ2v) is 7.31. The van der Waals surface area contributed by atoms with Crippen molar-refractivity contribution in [2.24, 2.45) is 0 Å². The number of piperidine rings is 1. The Labute approximate surface area is 172 Å². The molecular formula is C21H23F2N5O2. The summed E-state index contributed by atoms with van der Waals surface area (Å²) in [6, 6.07) is 8.88. The molecule has 1 amide bonds. The molecule has 1 aliphatic heterocycles. The molecular weight excluding hydrogens is 392 g/mol. The summed E-state index contributed by atoms with van der Waals surface area (Å²) in [6.07, 6.45) is 0.400. The van der Waals surface area contributed by atoms with Crippen LogP contribution < -0.4 is 4.74 Å². The molecule has 4 rings (SSSR count). The Balaban J connectivity index is 1.47. The lowest BCUT2D eigenvalue weighted by molar-refractivity contribution is -0.131. The zero-order valence-corrected chi connectivity index (χ0v) is 16.7. The predicted octanol–water partition coefficient (Wildman–Crippen LogP) is 3.41. The summed E-state index contributed by atoms with van der Waals surface area (Å²) < 4.78 is 33.4. The first-order valence-electron chi connectivity index (χ1n) is 10.0. The molecule has 1 unspecified atom stereocenters. The number of ether oxygens (including phenoxy) is 1. The summed E-state index contributed by atoms with van der Waals surface area (Å²) >= 11 is 0. The van der Waals surface area contributed by atoms with Crippen LogP contribution in [0, 0.1) is 0 Å². The number of hydrogen-bond acceptors (Lipinski definition) is 5. The van der Waals surface area contributed by atoms with Crippen LogP contribution in [0.25, 0.3) is 5.78 Å². The standard InChI is InChI=1S/C21H23F2N5O2/c1-2-30-16-7-5-14(6-8-16)10-19(29)27-9-3-4-15(12-27)17-11-18(20(22)23)28-21(26-17)24-13-25-28/h5-8,11,13,15,20H,2-4,9-10,12H2,1H3. The van der Waals surface area contributed by atoms with E-state index in [-0.39, 0.29) is 29.7 Å². The summed E-state index contributed by atoms with van der Waals surface area (Å²) in [4.78, 5) is 23.0. The zero-order valence-electron chi connectivity index (χ0n) is 16.7. The van der Waals surface area contributed by atoms with Gasteiger partial charge in [-0.15, -0.1) is 0 Å². The largest absolute Gasteiger partial charge is 0.494 e. The number of benzene rings is 1. The zero-order chi connectivity index (χ0) is 21.1. The summed E-state index contributed by atoms with van der Waals surface area (Å²) in [7, 11) is 0. The fourth-order valence-electron chi connectivity index (χ4n) is 3.82. The molecule has 3 heterocycles. The van der Waals surface area contributed by atoms with Crippen LogP contribution >= 0.6 is 0 Å². The highest BCUT2D eigenvalue weighted by molar-refractivity contribution is 5.79. The van der Waals surface area contributed by atoms with Gasteiger partial charge < -0.3 is 9.64 Å². The molecule has 0 saturated carbocycles. The molecule has 9 heteroatoms. The minimum Gasteiger partial charge on any atom is -0.494 e. The van der Waals surface area contributed by atoms with Crippen molar-refractivity contribution in [2.45, 2.75) is 38.5 Å². The van der Waals surface area contributed by atoms with E-state index in [1.807, 2.05) is 31.2 Å². The quantitative estimate of drug-likeness (QED) is 0.617. The Morgan fingerprint density at radius 2 is 2.10 bits per heavy atom. The SMILES string of the molecule is CCOc1ccc(CC(=O)N2CCCC(c3cc(C(F)F)n4ncnc4n3)C2)cc1. The van der Waals surface area contributed by atoms with Gasteiger partial charge in [0.1, 0.15) is 17.8 Å². The number of likely N-dealkylation sites (tertiary alicyclic amines) is 1. The molecule has 158 valence electrons. The average molecular weight is 415 g/mol. The first kappa shape index (κ1) is 20.2. The van der Waals surface area contributed by atoms with Gasteiger partial charge in [-0.1, -0.05) is 12.1 Å². The highest BCUT2D eigenvalue weighted by Gasteiger charge is 2.27. The van der Waals surface area contributed by atoms with Crippen molar-refractivity contribution >= 4 is 11.7 Å². The van der Waals surface area contributed by atoms with Crippen LogP contribution in [0.5, 0.6) is 5.75 Å². The molecule has 0 spiro atoms. The lowest BCUT2D eigenvalue weighted by Gasteiger charge is -2.32. The smallest absolute Gasteiger partial charge is 0.280 e. The van der Waals surface area contributed by atoms with E-state index in [9.17, 15) is 13.6 Å². The number of hydrogen-bond donors (Lipinski definition) is 0. The van der Waals surface area contributed by atoms with Crippen LogP contribution in [0.4, 0.5) is 8.78 Å². The van der Waals surface area contributed by atoms with Crippen molar-refractivity contribution in [3.05, 3.63) is 53.6 Å². The summed E-state index contributed by atoms with van der Waals surface area (Å²) in [5.74, 6) is 0.834. The van der Waals surface area contributed by atoms with Gasteiger partial charge in [-0.2, -0.15) is 14.6 Å². The van der Waals surface area contributed by atoms with Gasteiger partial charge in [-0.25, -0.2) is 13.8 Å². The van der Waals surface area contributed by atoms with Crippen molar-refractivity contribution in [1.29, 1.82) is 0 Å². The van der Waals surface area contributed by atoms with Crippen LogP contribution in [0.2, 0.25) is 0 Å². The number of carbonyl (C=O) groups excluding carboxylic acids is 1. The Morgan fingerprint density at radius 3 is 2.83 bits per heavy atom. The molecule has 0 bridgehead atoms. The topological polar surface area (TPSA) is 72.6 Å². The number of halogens is 2. The predicted molar refractivity (Wildman–Crippen MR) is 106 cm³/mol. The molecule has 1 atom stereocenters. The normalized spacial score (nSPS) is 16.9. The van der Waals surface area contributed by atoms with Crippen molar-refractivity contribution in [2.75, 3.05) is 19.7 Å². The third kappa shape index (κ3) is 4.24. The number of carbonyl (C=O) groups is 1. The fourth-order valence-corrected chi connectivity index (χ4v) is 3.82. The minimum atomic E-state index is -2.68. The van der Waals surface area contributed by atoms with Gasteiger partial charge in [0.15, 0.2) is 0 Å². The van der Waals surface area contributed by atoms with E-state index in [0.29, 0.717) is 25.4 Å². The second kappa shape index (κ2) is 8.73. The van der Waals surface area contributed by atoms with Crippen molar-refractivity contribution in [1.82, 2.24) is 24.5 Å². The number of aromatic nitrogens is 4. The summed E-state index contributed by atoms with van der Waals surface area (Å²) in [5, 5.41) is 3.82. The molecule has 1 aromatic carbocycles. The van der Waals surface area contributed by atoms with Crippen LogP contribution in [-0.4, -0.2) is 50.1 Å².